The van der Waals surface area contributed by atoms with Crippen LogP contribution in [0.5, 0.6) is 11.5 Å². The van der Waals surface area contributed by atoms with Gasteiger partial charge >= 0.3 is 0 Å². The standard InChI is InChI=1S/C25H30N4O3/c1-5-19-9-10-20(28-24-13-17(3)26-16-27-24)15-21(19)29-25(30)12-8-18-7-11-22(32-6-2)23(14-18)31-4/h7,9-11,13-16H,5-6,8,12H2,1-4H3,(H,29,30)(H,26,27,28). The highest BCUT2D eigenvalue weighted by Gasteiger charge is 2.10. The van der Waals surface area contributed by atoms with Crippen LogP contribution < -0.4 is 20.1 Å². The first-order valence-electron chi connectivity index (χ1n) is 10.8. The Hall–Kier alpha value is -3.61. The second kappa shape index (κ2) is 11.1. The minimum atomic E-state index is -0.0393. The van der Waals surface area contributed by atoms with E-state index in [4.69, 9.17) is 9.47 Å². The molecule has 7 heteroatoms. The van der Waals surface area contributed by atoms with Gasteiger partial charge in [0.1, 0.15) is 12.1 Å². The van der Waals surface area contributed by atoms with Gasteiger partial charge in [0.05, 0.1) is 13.7 Å². The largest absolute Gasteiger partial charge is 0.493 e. The number of nitrogens with one attached hydrogen (secondary N) is 2. The maximum absolute atomic E-state index is 12.7. The van der Waals surface area contributed by atoms with Gasteiger partial charge in [-0.3, -0.25) is 4.79 Å². The lowest BCUT2D eigenvalue weighted by molar-refractivity contribution is -0.116. The van der Waals surface area contributed by atoms with Gasteiger partial charge in [-0.15, -0.1) is 0 Å². The molecule has 32 heavy (non-hydrogen) atoms. The lowest BCUT2D eigenvalue weighted by Crippen LogP contribution is -2.14. The Morgan fingerprint density at radius 3 is 2.59 bits per heavy atom. The Kier molecular flexibility index (Phi) is 8.02. The first-order valence-corrected chi connectivity index (χ1v) is 10.8. The van der Waals surface area contributed by atoms with Crippen molar-refractivity contribution in [3.63, 3.8) is 0 Å². The highest BCUT2D eigenvalue weighted by atomic mass is 16.5. The number of carbonyl (C=O) groups is 1. The van der Waals surface area contributed by atoms with Crippen molar-refractivity contribution < 1.29 is 14.3 Å². The van der Waals surface area contributed by atoms with Gasteiger partial charge in [0.15, 0.2) is 11.5 Å². The van der Waals surface area contributed by atoms with Crippen LogP contribution in [0.4, 0.5) is 17.2 Å². The summed E-state index contributed by atoms with van der Waals surface area (Å²) in [4.78, 5) is 21.0. The molecule has 2 aromatic carbocycles. The van der Waals surface area contributed by atoms with Crippen molar-refractivity contribution in [2.24, 2.45) is 0 Å². The molecule has 7 nitrogen and oxygen atoms in total. The monoisotopic (exact) mass is 434 g/mol. The molecule has 0 spiro atoms. The molecule has 1 amide bonds. The number of hydrogen-bond donors (Lipinski definition) is 2. The summed E-state index contributed by atoms with van der Waals surface area (Å²) in [5.74, 6) is 2.06. The number of methoxy groups -OCH3 is 1. The van der Waals surface area contributed by atoms with E-state index in [-0.39, 0.29) is 5.91 Å². The normalized spacial score (nSPS) is 10.5. The van der Waals surface area contributed by atoms with Crippen LogP contribution in [0.25, 0.3) is 0 Å². The second-order valence-corrected chi connectivity index (χ2v) is 7.36. The molecular weight excluding hydrogens is 404 g/mol. The summed E-state index contributed by atoms with van der Waals surface area (Å²) in [5.41, 5.74) is 4.63. The minimum Gasteiger partial charge on any atom is -0.493 e. The van der Waals surface area contributed by atoms with E-state index in [0.717, 1.165) is 34.6 Å². The SMILES string of the molecule is CCOc1ccc(CCC(=O)Nc2cc(Nc3cc(C)ncn3)ccc2CC)cc1OC. The van der Waals surface area contributed by atoms with Crippen molar-refractivity contribution in [1.82, 2.24) is 9.97 Å². The zero-order valence-electron chi connectivity index (χ0n) is 19.1. The predicted octanol–water partition coefficient (Wildman–Crippen LogP) is 5.07. The Labute approximate surface area is 189 Å². The van der Waals surface area contributed by atoms with E-state index in [9.17, 15) is 4.79 Å². The third-order valence-electron chi connectivity index (χ3n) is 5.01. The van der Waals surface area contributed by atoms with E-state index in [0.29, 0.717) is 36.8 Å². The van der Waals surface area contributed by atoms with Crippen LogP contribution in [-0.2, 0) is 17.6 Å². The van der Waals surface area contributed by atoms with Gasteiger partial charge in [-0.25, -0.2) is 9.97 Å². The molecule has 1 heterocycles. The average Bonchev–Trinajstić information content (AvgIpc) is 2.79. The zero-order chi connectivity index (χ0) is 22.9. The van der Waals surface area contributed by atoms with Crippen molar-refractivity contribution in [3.8, 4) is 11.5 Å². The van der Waals surface area contributed by atoms with E-state index in [1.807, 2.05) is 56.3 Å². The van der Waals surface area contributed by atoms with Crippen LogP contribution in [0.1, 0.15) is 37.1 Å². The lowest BCUT2D eigenvalue weighted by Gasteiger charge is -2.14. The van der Waals surface area contributed by atoms with Crippen LogP contribution in [0.3, 0.4) is 0 Å². The quantitative estimate of drug-likeness (QED) is 0.463. The first kappa shape index (κ1) is 23.1. The molecule has 3 aromatic rings. The topological polar surface area (TPSA) is 85.4 Å². The number of nitrogens with zero attached hydrogens (tertiary/aromatic N) is 2. The highest BCUT2D eigenvalue weighted by Crippen LogP contribution is 2.29. The summed E-state index contributed by atoms with van der Waals surface area (Å²) >= 11 is 0. The van der Waals surface area contributed by atoms with Crippen molar-refractivity contribution in [2.45, 2.75) is 40.0 Å². The van der Waals surface area contributed by atoms with Crippen LogP contribution in [0, 0.1) is 6.92 Å². The van der Waals surface area contributed by atoms with E-state index >= 15 is 0 Å². The molecule has 0 atom stereocenters. The molecule has 1 aromatic heterocycles. The number of amides is 1. The van der Waals surface area contributed by atoms with Crippen LogP contribution >= 0.6 is 0 Å². The number of hydrogen-bond acceptors (Lipinski definition) is 6. The van der Waals surface area contributed by atoms with Gasteiger partial charge in [0.2, 0.25) is 5.91 Å². The summed E-state index contributed by atoms with van der Waals surface area (Å²) in [6.45, 7) is 6.49. The van der Waals surface area contributed by atoms with Gasteiger partial charge in [-0.1, -0.05) is 19.1 Å². The number of rotatable bonds is 10. The summed E-state index contributed by atoms with van der Waals surface area (Å²) in [7, 11) is 1.62. The fourth-order valence-electron chi connectivity index (χ4n) is 3.36. The van der Waals surface area contributed by atoms with Gasteiger partial charge in [-0.05, 0) is 62.1 Å². The van der Waals surface area contributed by atoms with E-state index in [2.05, 4.69) is 27.5 Å². The molecule has 0 unspecified atom stereocenters. The van der Waals surface area contributed by atoms with E-state index < -0.39 is 0 Å². The van der Waals surface area contributed by atoms with Crippen LogP contribution in [-0.4, -0.2) is 29.6 Å². The van der Waals surface area contributed by atoms with Crippen molar-refractivity contribution >= 4 is 23.1 Å². The van der Waals surface area contributed by atoms with E-state index in [1.165, 1.54) is 6.33 Å². The van der Waals surface area contributed by atoms with Crippen molar-refractivity contribution in [1.29, 1.82) is 0 Å². The molecule has 0 aliphatic carbocycles. The molecular formula is C25H30N4O3. The summed E-state index contributed by atoms with van der Waals surface area (Å²) < 4.78 is 11.0. The average molecular weight is 435 g/mol. The van der Waals surface area contributed by atoms with Gasteiger partial charge in [0, 0.05) is 29.6 Å². The van der Waals surface area contributed by atoms with Crippen molar-refractivity contribution in [2.75, 3.05) is 24.4 Å². The van der Waals surface area contributed by atoms with Crippen LogP contribution in [0.2, 0.25) is 0 Å². The maximum Gasteiger partial charge on any atom is 0.224 e. The molecule has 2 N–H and O–H groups in total. The Bertz CT molecular complexity index is 1070. The number of aryl methyl sites for hydroxylation is 3. The van der Waals surface area contributed by atoms with Gasteiger partial charge < -0.3 is 20.1 Å². The summed E-state index contributed by atoms with van der Waals surface area (Å²) in [6.07, 6.45) is 3.31. The zero-order valence-corrected chi connectivity index (χ0v) is 19.1. The maximum atomic E-state index is 12.7. The third kappa shape index (κ3) is 6.20. The lowest BCUT2D eigenvalue weighted by atomic mass is 10.1. The van der Waals surface area contributed by atoms with E-state index in [1.54, 1.807) is 7.11 Å². The fraction of sp³-hybridized carbons (Fsp3) is 0.320. The molecule has 0 fully saturated rings. The number of benzene rings is 2. The third-order valence-corrected chi connectivity index (χ3v) is 5.01. The Morgan fingerprint density at radius 2 is 1.88 bits per heavy atom. The molecule has 0 saturated heterocycles. The molecule has 0 saturated carbocycles. The highest BCUT2D eigenvalue weighted by molar-refractivity contribution is 5.92. The fourth-order valence-corrected chi connectivity index (χ4v) is 3.36. The number of aromatic nitrogens is 2. The van der Waals surface area contributed by atoms with Gasteiger partial charge in [0.25, 0.3) is 0 Å². The van der Waals surface area contributed by atoms with Crippen molar-refractivity contribution in [3.05, 3.63) is 65.6 Å². The molecule has 168 valence electrons. The van der Waals surface area contributed by atoms with Crippen LogP contribution in [0.15, 0.2) is 48.8 Å². The molecule has 0 aliphatic heterocycles. The number of ether oxygens (including phenoxy) is 2. The molecule has 0 radical (unpaired) electrons. The number of carbonyl (C=O) groups excluding carboxylic acids is 1. The second-order valence-electron chi connectivity index (χ2n) is 7.36. The Morgan fingerprint density at radius 1 is 1.03 bits per heavy atom. The molecule has 3 rings (SSSR count). The smallest absolute Gasteiger partial charge is 0.224 e. The minimum absolute atomic E-state index is 0.0393. The summed E-state index contributed by atoms with van der Waals surface area (Å²) in [5, 5.41) is 6.33. The predicted molar refractivity (Wildman–Crippen MR) is 127 cm³/mol. The van der Waals surface area contributed by atoms with Gasteiger partial charge in [-0.2, -0.15) is 0 Å². The molecule has 0 aliphatic rings. The molecule has 0 bridgehead atoms. The summed E-state index contributed by atoms with van der Waals surface area (Å²) in [6, 6.07) is 13.6. The Balaban J connectivity index is 1.66. The number of anilines is 3. The first-order chi connectivity index (χ1) is 15.5.